The number of aromatic nitrogens is 1. The molecule has 0 radical (unpaired) electrons. The van der Waals surface area contributed by atoms with E-state index in [0.717, 1.165) is 0 Å². The summed E-state index contributed by atoms with van der Waals surface area (Å²) in [7, 11) is 0. The summed E-state index contributed by atoms with van der Waals surface area (Å²) in [6, 6.07) is 0.996. The monoisotopic (exact) mass is 206 g/mol. The highest BCUT2D eigenvalue weighted by Gasteiger charge is 2.10. The predicted octanol–water partition coefficient (Wildman–Crippen LogP) is 1.38. The molecule has 0 spiro atoms. The van der Waals surface area contributed by atoms with Crippen molar-refractivity contribution in [3.63, 3.8) is 0 Å². The van der Waals surface area contributed by atoms with Crippen molar-refractivity contribution in [1.29, 1.82) is 0 Å². The Labute approximate surface area is 80.1 Å². The summed E-state index contributed by atoms with van der Waals surface area (Å²) in [5.41, 5.74) is 5.97. The van der Waals surface area contributed by atoms with Crippen LogP contribution in [0.15, 0.2) is 12.3 Å². The lowest BCUT2D eigenvalue weighted by Gasteiger charge is -2.08. The third-order valence-electron chi connectivity index (χ3n) is 1.38. The summed E-state index contributed by atoms with van der Waals surface area (Å²) in [6.07, 6.45) is 1.44. The van der Waals surface area contributed by atoms with Gasteiger partial charge in [0.25, 0.3) is 0 Å². The molecular formula is C7H8Cl2N2O. The molecule has 0 saturated heterocycles. The molecule has 0 amide bonds. The number of pyridine rings is 1. The van der Waals surface area contributed by atoms with E-state index in [-0.39, 0.29) is 6.61 Å². The summed E-state index contributed by atoms with van der Waals surface area (Å²) >= 11 is 11.4. The Morgan fingerprint density at radius 1 is 1.58 bits per heavy atom. The number of hydrogen-bond donors (Lipinski definition) is 2. The van der Waals surface area contributed by atoms with Crippen molar-refractivity contribution in [2.45, 2.75) is 6.04 Å². The minimum atomic E-state index is -0.547. The van der Waals surface area contributed by atoms with Crippen LogP contribution >= 0.6 is 23.2 Å². The molecule has 5 heteroatoms. The van der Waals surface area contributed by atoms with Crippen molar-refractivity contribution in [3.05, 3.63) is 28.0 Å². The first-order chi connectivity index (χ1) is 5.65. The predicted molar refractivity (Wildman–Crippen MR) is 48.3 cm³/mol. The second-order valence-corrected chi connectivity index (χ2v) is 3.15. The van der Waals surface area contributed by atoms with Gasteiger partial charge in [-0.05, 0) is 6.07 Å². The lowest BCUT2D eigenvalue weighted by Crippen LogP contribution is -2.16. The molecule has 0 saturated carbocycles. The Hall–Kier alpha value is -0.350. The number of nitrogens with zero attached hydrogens (tertiary/aromatic N) is 1. The Balaban J connectivity index is 3.01. The molecule has 0 aliphatic heterocycles. The Kier molecular flexibility index (Phi) is 3.29. The van der Waals surface area contributed by atoms with Gasteiger partial charge in [0.05, 0.1) is 28.4 Å². The van der Waals surface area contributed by atoms with Gasteiger partial charge in [0.1, 0.15) is 0 Å². The number of hydrogen-bond acceptors (Lipinski definition) is 3. The van der Waals surface area contributed by atoms with Crippen LogP contribution < -0.4 is 5.73 Å². The normalized spacial score (nSPS) is 13.0. The second kappa shape index (κ2) is 4.05. The minimum absolute atomic E-state index is 0.186. The summed E-state index contributed by atoms with van der Waals surface area (Å²) in [5.74, 6) is 0. The van der Waals surface area contributed by atoms with Gasteiger partial charge in [0, 0.05) is 6.20 Å². The Morgan fingerprint density at radius 2 is 2.25 bits per heavy atom. The van der Waals surface area contributed by atoms with Crippen LogP contribution in [-0.2, 0) is 0 Å². The molecule has 0 aromatic carbocycles. The quantitative estimate of drug-likeness (QED) is 0.770. The van der Waals surface area contributed by atoms with E-state index in [1.54, 1.807) is 6.07 Å². The molecule has 3 N–H and O–H groups in total. The summed E-state index contributed by atoms with van der Waals surface area (Å²) in [4.78, 5) is 3.90. The van der Waals surface area contributed by atoms with Crippen LogP contribution in [0.3, 0.4) is 0 Å². The maximum Gasteiger partial charge on any atom is 0.0781 e. The van der Waals surface area contributed by atoms with Crippen LogP contribution in [0, 0.1) is 0 Å². The average molecular weight is 207 g/mol. The fourth-order valence-corrected chi connectivity index (χ4v) is 1.30. The molecular weight excluding hydrogens is 199 g/mol. The standard InChI is InChI=1S/C7H8Cl2N2O/c8-4-1-5(9)7(11-2-4)6(10)3-12/h1-2,6,12H,3,10H2/t6-/m0/s1. The van der Waals surface area contributed by atoms with Gasteiger partial charge in [0.2, 0.25) is 0 Å². The van der Waals surface area contributed by atoms with E-state index in [9.17, 15) is 0 Å². The molecule has 12 heavy (non-hydrogen) atoms. The molecule has 0 aliphatic rings. The highest BCUT2D eigenvalue weighted by atomic mass is 35.5. The first-order valence-corrected chi connectivity index (χ1v) is 4.08. The van der Waals surface area contributed by atoms with Crippen molar-refractivity contribution in [2.75, 3.05) is 6.61 Å². The van der Waals surface area contributed by atoms with Crippen LogP contribution in [0.25, 0.3) is 0 Å². The summed E-state index contributed by atoms with van der Waals surface area (Å²) in [5, 5.41) is 9.56. The first-order valence-electron chi connectivity index (χ1n) is 3.32. The molecule has 0 bridgehead atoms. The molecule has 1 aromatic heterocycles. The van der Waals surface area contributed by atoms with Gasteiger partial charge in [-0.1, -0.05) is 23.2 Å². The van der Waals surface area contributed by atoms with Gasteiger partial charge >= 0.3 is 0 Å². The van der Waals surface area contributed by atoms with Gasteiger partial charge in [-0.2, -0.15) is 0 Å². The highest BCUT2D eigenvalue weighted by molar-refractivity contribution is 6.34. The van der Waals surface area contributed by atoms with Gasteiger partial charge in [-0.15, -0.1) is 0 Å². The molecule has 0 unspecified atom stereocenters. The largest absolute Gasteiger partial charge is 0.394 e. The molecule has 0 fully saturated rings. The maximum atomic E-state index is 8.73. The van der Waals surface area contributed by atoms with Crippen LogP contribution in [-0.4, -0.2) is 16.7 Å². The number of rotatable bonds is 2. The number of halogens is 2. The van der Waals surface area contributed by atoms with Gasteiger partial charge < -0.3 is 10.8 Å². The summed E-state index contributed by atoms with van der Waals surface area (Å²) < 4.78 is 0. The Bertz CT molecular complexity index is 280. The van der Waals surface area contributed by atoms with Crippen molar-refractivity contribution in [3.8, 4) is 0 Å². The lowest BCUT2D eigenvalue weighted by molar-refractivity contribution is 0.266. The first kappa shape index (κ1) is 9.74. The third-order valence-corrected chi connectivity index (χ3v) is 1.89. The van der Waals surface area contributed by atoms with E-state index in [4.69, 9.17) is 34.0 Å². The fraction of sp³-hybridized carbons (Fsp3) is 0.286. The smallest absolute Gasteiger partial charge is 0.0781 e. The highest BCUT2D eigenvalue weighted by Crippen LogP contribution is 2.21. The zero-order valence-corrected chi connectivity index (χ0v) is 7.68. The topological polar surface area (TPSA) is 59.1 Å². The Morgan fingerprint density at radius 3 is 2.75 bits per heavy atom. The van der Waals surface area contributed by atoms with Crippen molar-refractivity contribution in [1.82, 2.24) is 4.98 Å². The molecule has 1 aromatic rings. The average Bonchev–Trinajstić information content (AvgIpc) is 2.03. The SMILES string of the molecule is N[C@@H](CO)c1ncc(Cl)cc1Cl. The third kappa shape index (κ3) is 2.08. The number of nitrogens with two attached hydrogens (primary N) is 1. The van der Waals surface area contributed by atoms with Crippen LogP contribution in [0.5, 0.6) is 0 Å². The molecule has 3 nitrogen and oxygen atoms in total. The second-order valence-electron chi connectivity index (χ2n) is 2.31. The van der Waals surface area contributed by atoms with Crippen molar-refractivity contribution < 1.29 is 5.11 Å². The zero-order chi connectivity index (χ0) is 9.14. The van der Waals surface area contributed by atoms with Crippen LogP contribution in [0.4, 0.5) is 0 Å². The molecule has 1 atom stereocenters. The molecule has 1 rings (SSSR count). The van der Waals surface area contributed by atoms with E-state index >= 15 is 0 Å². The molecule has 66 valence electrons. The summed E-state index contributed by atoms with van der Waals surface area (Å²) in [6.45, 7) is -0.186. The lowest BCUT2D eigenvalue weighted by atomic mass is 10.2. The minimum Gasteiger partial charge on any atom is -0.394 e. The van der Waals surface area contributed by atoms with E-state index in [1.807, 2.05) is 0 Å². The van der Waals surface area contributed by atoms with Gasteiger partial charge in [-0.25, -0.2) is 0 Å². The van der Waals surface area contributed by atoms with Crippen molar-refractivity contribution >= 4 is 23.2 Å². The zero-order valence-electron chi connectivity index (χ0n) is 6.17. The van der Waals surface area contributed by atoms with Gasteiger partial charge in [-0.3, -0.25) is 4.98 Å². The van der Waals surface area contributed by atoms with E-state index in [2.05, 4.69) is 4.98 Å². The molecule has 1 heterocycles. The van der Waals surface area contributed by atoms with Gasteiger partial charge in [0.15, 0.2) is 0 Å². The van der Waals surface area contributed by atoms with E-state index < -0.39 is 6.04 Å². The van der Waals surface area contributed by atoms with E-state index in [1.165, 1.54) is 6.20 Å². The number of aliphatic hydroxyl groups excluding tert-OH is 1. The number of aliphatic hydroxyl groups is 1. The van der Waals surface area contributed by atoms with Crippen LogP contribution in [0.1, 0.15) is 11.7 Å². The molecule has 0 aliphatic carbocycles. The maximum absolute atomic E-state index is 8.73. The van der Waals surface area contributed by atoms with Crippen molar-refractivity contribution in [2.24, 2.45) is 5.73 Å². The van der Waals surface area contributed by atoms with E-state index in [0.29, 0.717) is 15.7 Å². The fourth-order valence-electron chi connectivity index (χ4n) is 0.784. The van der Waals surface area contributed by atoms with Crippen LogP contribution in [0.2, 0.25) is 10.0 Å².